The molecule has 0 saturated heterocycles. The van der Waals surface area contributed by atoms with Crippen LogP contribution in [0.5, 0.6) is 0 Å². The first-order valence-corrected chi connectivity index (χ1v) is 7.81. The van der Waals surface area contributed by atoms with Crippen LogP contribution in [0.15, 0.2) is 48.5 Å². The van der Waals surface area contributed by atoms with Crippen LogP contribution in [-0.4, -0.2) is 6.54 Å². The van der Waals surface area contributed by atoms with Crippen LogP contribution in [0.4, 0.5) is 4.39 Å². The summed E-state index contributed by atoms with van der Waals surface area (Å²) in [5.74, 6) is 0.762. The molecule has 1 nitrogen and oxygen atoms in total. The summed E-state index contributed by atoms with van der Waals surface area (Å²) in [6, 6.07) is 15.3. The van der Waals surface area contributed by atoms with Crippen molar-refractivity contribution >= 4 is 11.6 Å². The van der Waals surface area contributed by atoms with Crippen LogP contribution in [0.2, 0.25) is 5.02 Å². The highest BCUT2D eigenvalue weighted by Crippen LogP contribution is 2.54. The van der Waals surface area contributed by atoms with Crippen LogP contribution in [0.3, 0.4) is 0 Å². The zero-order valence-corrected chi connectivity index (χ0v) is 12.8. The standard InChI is InChI=1S/C18H19ClFN/c1-2-21-18(16-10-13(19)8-9-17(16)20)15-11-14(15)12-6-4-3-5-7-12/h3-10,14-15,18,21H,2,11H2,1H3. The van der Waals surface area contributed by atoms with Crippen LogP contribution < -0.4 is 5.32 Å². The molecule has 0 spiro atoms. The molecule has 3 atom stereocenters. The first-order valence-electron chi connectivity index (χ1n) is 7.44. The number of hydrogen-bond donors (Lipinski definition) is 1. The number of halogens is 2. The second-order valence-electron chi connectivity index (χ2n) is 5.62. The van der Waals surface area contributed by atoms with E-state index in [0.717, 1.165) is 13.0 Å². The smallest absolute Gasteiger partial charge is 0.128 e. The summed E-state index contributed by atoms with van der Waals surface area (Å²) in [6.45, 7) is 2.87. The van der Waals surface area contributed by atoms with Crippen LogP contribution in [0.1, 0.15) is 36.4 Å². The molecule has 0 radical (unpaired) electrons. The van der Waals surface area contributed by atoms with Gasteiger partial charge in [0.25, 0.3) is 0 Å². The van der Waals surface area contributed by atoms with Crippen molar-refractivity contribution in [1.82, 2.24) is 5.32 Å². The van der Waals surface area contributed by atoms with E-state index < -0.39 is 0 Å². The molecule has 1 fully saturated rings. The van der Waals surface area contributed by atoms with E-state index in [1.165, 1.54) is 11.6 Å². The van der Waals surface area contributed by atoms with Crippen LogP contribution in [0.25, 0.3) is 0 Å². The molecule has 1 N–H and O–H groups in total. The topological polar surface area (TPSA) is 12.0 Å². The maximum Gasteiger partial charge on any atom is 0.128 e. The third kappa shape index (κ3) is 3.12. The predicted octanol–water partition coefficient (Wildman–Crippen LogP) is 4.93. The highest BCUT2D eigenvalue weighted by Gasteiger charge is 2.44. The lowest BCUT2D eigenvalue weighted by Crippen LogP contribution is -2.24. The van der Waals surface area contributed by atoms with Gasteiger partial charge in [0.1, 0.15) is 5.82 Å². The van der Waals surface area contributed by atoms with E-state index in [1.807, 2.05) is 6.07 Å². The monoisotopic (exact) mass is 303 g/mol. The van der Waals surface area contributed by atoms with Crippen molar-refractivity contribution in [3.05, 3.63) is 70.5 Å². The van der Waals surface area contributed by atoms with Crippen molar-refractivity contribution in [3.8, 4) is 0 Å². The largest absolute Gasteiger partial charge is 0.310 e. The fourth-order valence-electron chi connectivity index (χ4n) is 3.13. The molecule has 0 aromatic heterocycles. The van der Waals surface area contributed by atoms with Crippen molar-refractivity contribution in [1.29, 1.82) is 0 Å². The minimum absolute atomic E-state index is 0.0268. The highest BCUT2D eigenvalue weighted by atomic mass is 35.5. The molecule has 0 heterocycles. The molecule has 0 aliphatic heterocycles. The van der Waals surface area contributed by atoms with Gasteiger partial charge in [-0.05, 0) is 48.6 Å². The maximum absolute atomic E-state index is 14.2. The molecule has 110 valence electrons. The zero-order valence-electron chi connectivity index (χ0n) is 12.0. The molecule has 2 aromatic carbocycles. The van der Waals surface area contributed by atoms with Gasteiger partial charge >= 0.3 is 0 Å². The zero-order chi connectivity index (χ0) is 14.8. The Morgan fingerprint density at radius 3 is 2.71 bits per heavy atom. The van der Waals surface area contributed by atoms with Crippen molar-refractivity contribution in [2.24, 2.45) is 5.92 Å². The second kappa shape index (κ2) is 6.17. The SMILES string of the molecule is CCNC(c1cc(Cl)ccc1F)C1CC1c1ccccc1. The van der Waals surface area contributed by atoms with E-state index >= 15 is 0 Å². The summed E-state index contributed by atoms with van der Waals surface area (Å²) in [5, 5.41) is 4.02. The number of nitrogens with one attached hydrogen (secondary N) is 1. The van der Waals surface area contributed by atoms with E-state index in [2.05, 4.69) is 36.5 Å². The average molecular weight is 304 g/mol. The van der Waals surface area contributed by atoms with Gasteiger partial charge in [-0.15, -0.1) is 0 Å². The van der Waals surface area contributed by atoms with Gasteiger partial charge in [0.05, 0.1) is 0 Å². The summed E-state index contributed by atoms with van der Waals surface area (Å²) < 4.78 is 14.2. The van der Waals surface area contributed by atoms with Gasteiger partial charge in [-0.2, -0.15) is 0 Å². The first-order chi connectivity index (χ1) is 10.2. The Labute approximate surface area is 130 Å². The summed E-state index contributed by atoms with van der Waals surface area (Å²) >= 11 is 6.05. The predicted molar refractivity (Wildman–Crippen MR) is 85.1 cm³/mol. The second-order valence-corrected chi connectivity index (χ2v) is 6.05. The summed E-state index contributed by atoms with van der Waals surface area (Å²) in [6.07, 6.45) is 1.09. The highest BCUT2D eigenvalue weighted by molar-refractivity contribution is 6.30. The number of rotatable bonds is 5. The van der Waals surface area contributed by atoms with Crippen molar-refractivity contribution < 1.29 is 4.39 Å². The van der Waals surface area contributed by atoms with E-state index in [-0.39, 0.29) is 11.9 Å². The average Bonchev–Trinajstić information content (AvgIpc) is 3.29. The van der Waals surface area contributed by atoms with Crippen molar-refractivity contribution in [2.75, 3.05) is 6.54 Å². The van der Waals surface area contributed by atoms with Gasteiger partial charge in [-0.3, -0.25) is 0 Å². The van der Waals surface area contributed by atoms with Gasteiger partial charge < -0.3 is 5.32 Å². The lowest BCUT2D eigenvalue weighted by atomic mass is 9.98. The van der Waals surface area contributed by atoms with Crippen molar-refractivity contribution in [3.63, 3.8) is 0 Å². The summed E-state index contributed by atoms with van der Waals surface area (Å²) in [5.41, 5.74) is 2.03. The molecule has 3 rings (SSSR count). The first kappa shape index (κ1) is 14.6. The number of hydrogen-bond acceptors (Lipinski definition) is 1. The van der Waals surface area contributed by atoms with Crippen LogP contribution in [-0.2, 0) is 0 Å². The Bertz CT molecular complexity index is 614. The molecule has 0 bridgehead atoms. The lowest BCUT2D eigenvalue weighted by Gasteiger charge is -2.19. The quantitative estimate of drug-likeness (QED) is 0.825. The lowest BCUT2D eigenvalue weighted by molar-refractivity contribution is 0.462. The Kier molecular flexibility index (Phi) is 4.27. The molecule has 2 aromatic rings. The fourth-order valence-corrected chi connectivity index (χ4v) is 3.31. The Balaban J connectivity index is 1.85. The third-order valence-corrected chi connectivity index (χ3v) is 4.45. The Morgan fingerprint density at radius 2 is 2.00 bits per heavy atom. The Hall–Kier alpha value is -1.38. The minimum atomic E-state index is -0.177. The third-order valence-electron chi connectivity index (χ3n) is 4.21. The molecule has 3 unspecified atom stereocenters. The van der Waals surface area contributed by atoms with Gasteiger partial charge in [0.2, 0.25) is 0 Å². The molecule has 0 amide bonds. The van der Waals surface area contributed by atoms with Gasteiger partial charge in [-0.25, -0.2) is 4.39 Å². The van der Waals surface area contributed by atoms with E-state index in [1.54, 1.807) is 12.1 Å². The van der Waals surface area contributed by atoms with Gasteiger partial charge in [0, 0.05) is 16.6 Å². The maximum atomic E-state index is 14.2. The van der Waals surface area contributed by atoms with Crippen LogP contribution in [0, 0.1) is 11.7 Å². The molecular formula is C18H19ClFN. The Morgan fingerprint density at radius 1 is 1.24 bits per heavy atom. The van der Waals surface area contributed by atoms with E-state index in [9.17, 15) is 4.39 Å². The summed E-state index contributed by atoms with van der Waals surface area (Å²) in [4.78, 5) is 0. The van der Waals surface area contributed by atoms with Crippen molar-refractivity contribution in [2.45, 2.75) is 25.3 Å². The minimum Gasteiger partial charge on any atom is -0.310 e. The van der Waals surface area contributed by atoms with Crippen LogP contribution >= 0.6 is 11.6 Å². The normalized spacial score (nSPS) is 22.0. The van der Waals surface area contributed by atoms with Gasteiger partial charge in [-0.1, -0.05) is 48.9 Å². The fraction of sp³-hybridized carbons (Fsp3) is 0.333. The summed E-state index contributed by atoms with van der Waals surface area (Å²) in [7, 11) is 0. The molecule has 1 saturated carbocycles. The van der Waals surface area contributed by atoms with E-state index in [4.69, 9.17) is 11.6 Å². The van der Waals surface area contributed by atoms with E-state index in [0.29, 0.717) is 22.4 Å². The molecule has 3 heteroatoms. The molecule has 21 heavy (non-hydrogen) atoms. The number of benzene rings is 2. The molecular weight excluding hydrogens is 285 g/mol. The molecule has 1 aliphatic carbocycles. The van der Waals surface area contributed by atoms with Gasteiger partial charge in [0.15, 0.2) is 0 Å². The molecule has 1 aliphatic rings.